The van der Waals surface area contributed by atoms with Gasteiger partial charge in [0, 0.05) is 0 Å². The average molecular weight is 262 g/mol. The summed E-state index contributed by atoms with van der Waals surface area (Å²) in [6, 6.07) is 0.329. The van der Waals surface area contributed by atoms with E-state index >= 15 is 0 Å². The molecule has 2 aromatic rings. The van der Waals surface area contributed by atoms with E-state index in [4.69, 9.17) is 0 Å². The molecule has 0 amide bonds. The summed E-state index contributed by atoms with van der Waals surface area (Å²) in [6.07, 6.45) is 5.84. The van der Waals surface area contributed by atoms with Crippen LogP contribution >= 0.6 is 11.3 Å². The van der Waals surface area contributed by atoms with Crippen LogP contribution in [0.15, 0.2) is 12.4 Å². The highest BCUT2D eigenvalue weighted by molar-refractivity contribution is 7.15. The molecule has 3 rings (SSSR count). The van der Waals surface area contributed by atoms with Crippen LogP contribution in [-0.2, 0) is 0 Å². The molecule has 0 spiro atoms. The van der Waals surface area contributed by atoms with Crippen molar-refractivity contribution in [3.05, 3.63) is 23.1 Å². The number of aryl methyl sites for hydroxylation is 1. The Morgan fingerprint density at radius 2 is 2.33 bits per heavy atom. The van der Waals surface area contributed by atoms with Gasteiger partial charge in [-0.2, -0.15) is 0 Å². The number of hydrogen-bond donors (Lipinski definition) is 2. The molecule has 1 fully saturated rings. The predicted octanol–water partition coefficient (Wildman–Crippen LogP) is 1.80. The number of rotatable bonds is 3. The van der Waals surface area contributed by atoms with E-state index in [0.29, 0.717) is 6.04 Å². The zero-order valence-corrected chi connectivity index (χ0v) is 10.9. The summed E-state index contributed by atoms with van der Waals surface area (Å²) in [5.74, 6) is 0.720. The van der Waals surface area contributed by atoms with Gasteiger partial charge in [-0.3, -0.25) is 4.98 Å². The van der Waals surface area contributed by atoms with Crippen molar-refractivity contribution in [3.63, 3.8) is 0 Å². The molecule has 0 radical (unpaired) electrons. The normalized spacial score (nSPS) is 19.1. The molecule has 18 heavy (non-hydrogen) atoms. The minimum Gasteiger partial charge on any atom is -0.313 e. The fraction of sp³-hybridized carbons (Fsp3) is 0.455. The summed E-state index contributed by atoms with van der Waals surface area (Å²) in [4.78, 5) is 8.79. The molecular formula is C11H14N6S. The van der Waals surface area contributed by atoms with Crippen molar-refractivity contribution in [2.24, 2.45) is 0 Å². The zero-order chi connectivity index (χ0) is 12.4. The molecule has 0 aromatic carbocycles. The molecule has 7 heteroatoms. The van der Waals surface area contributed by atoms with Gasteiger partial charge in [0.05, 0.1) is 24.1 Å². The number of aromatic nitrogens is 4. The van der Waals surface area contributed by atoms with Crippen LogP contribution in [0.2, 0.25) is 0 Å². The molecule has 1 aliphatic heterocycles. The van der Waals surface area contributed by atoms with Gasteiger partial charge in [0.1, 0.15) is 5.01 Å². The van der Waals surface area contributed by atoms with Crippen LogP contribution < -0.4 is 10.6 Å². The molecule has 1 saturated heterocycles. The van der Waals surface area contributed by atoms with Crippen molar-refractivity contribution < 1.29 is 0 Å². The van der Waals surface area contributed by atoms with Crippen molar-refractivity contribution in [2.45, 2.75) is 25.8 Å². The molecule has 1 atom stereocenters. The fourth-order valence-electron chi connectivity index (χ4n) is 2.00. The fourth-order valence-corrected chi connectivity index (χ4v) is 2.60. The molecule has 2 N–H and O–H groups in total. The number of hydrogen-bond acceptors (Lipinski definition) is 7. The minimum absolute atomic E-state index is 0.329. The molecule has 1 aliphatic rings. The van der Waals surface area contributed by atoms with Crippen molar-refractivity contribution in [2.75, 3.05) is 11.9 Å². The maximum atomic E-state index is 4.56. The third kappa shape index (κ3) is 2.46. The molecular weight excluding hydrogens is 248 g/mol. The van der Waals surface area contributed by atoms with Crippen molar-refractivity contribution in [1.29, 1.82) is 0 Å². The second-order valence-electron chi connectivity index (χ2n) is 4.23. The Bertz CT molecular complexity index is 534. The summed E-state index contributed by atoms with van der Waals surface area (Å²) in [6.45, 7) is 2.98. The molecule has 0 aliphatic carbocycles. The summed E-state index contributed by atoms with van der Waals surface area (Å²) < 4.78 is 0. The van der Waals surface area contributed by atoms with E-state index < -0.39 is 0 Å². The van der Waals surface area contributed by atoms with Gasteiger partial charge in [0.25, 0.3) is 0 Å². The van der Waals surface area contributed by atoms with E-state index in [1.807, 2.05) is 13.1 Å². The second kappa shape index (κ2) is 4.95. The lowest BCUT2D eigenvalue weighted by Crippen LogP contribution is -2.15. The van der Waals surface area contributed by atoms with E-state index in [1.165, 1.54) is 17.8 Å². The first-order valence-electron chi connectivity index (χ1n) is 5.94. The van der Waals surface area contributed by atoms with E-state index in [9.17, 15) is 0 Å². The largest absolute Gasteiger partial charge is 0.313 e. The van der Waals surface area contributed by atoms with E-state index in [2.05, 4.69) is 30.8 Å². The third-order valence-corrected chi connectivity index (χ3v) is 3.59. The Balaban J connectivity index is 1.78. The molecule has 0 saturated carbocycles. The van der Waals surface area contributed by atoms with Crippen molar-refractivity contribution in [1.82, 2.24) is 25.5 Å². The maximum Gasteiger partial charge on any atom is 0.211 e. The first kappa shape index (κ1) is 11.5. The molecule has 0 bridgehead atoms. The first-order chi connectivity index (χ1) is 8.81. The van der Waals surface area contributed by atoms with Crippen LogP contribution in [0.1, 0.15) is 29.6 Å². The topological polar surface area (TPSA) is 75.6 Å². The van der Waals surface area contributed by atoms with E-state index in [-0.39, 0.29) is 0 Å². The summed E-state index contributed by atoms with van der Waals surface area (Å²) in [7, 11) is 0. The van der Waals surface area contributed by atoms with Crippen LogP contribution in [0.5, 0.6) is 0 Å². The average Bonchev–Trinajstić information content (AvgIpc) is 3.01. The Hall–Kier alpha value is -1.60. The zero-order valence-electron chi connectivity index (χ0n) is 10.1. The second-order valence-corrected chi connectivity index (χ2v) is 5.41. The van der Waals surface area contributed by atoms with Crippen LogP contribution in [0, 0.1) is 6.92 Å². The molecule has 3 heterocycles. The van der Waals surface area contributed by atoms with Gasteiger partial charge in [0.2, 0.25) is 5.13 Å². The highest BCUT2D eigenvalue weighted by Crippen LogP contribution is 2.23. The first-order valence-corrected chi connectivity index (χ1v) is 6.75. The van der Waals surface area contributed by atoms with Crippen LogP contribution in [0.3, 0.4) is 0 Å². The quantitative estimate of drug-likeness (QED) is 0.878. The van der Waals surface area contributed by atoms with Gasteiger partial charge in [-0.25, -0.2) is 4.98 Å². The molecule has 1 unspecified atom stereocenters. The molecule has 2 aromatic heterocycles. The summed E-state index contributed by atoms with van der Waals surface area (Å²) in [5.41, 5.74) is 0.985. The van der Waals surface area contributed by atoms with E-state index in [0.717, 1.165) is 34.6 Å². The van der Waals surface area contributed by atoms with Crippen LogP contribution in [-0.4, -0.2) is 26.7 Å². The smallest absolute Gasteiger partial charge is 0.211 e. The maximum absolute atomic E-state index is 4.56. The monoisotopic (exact) mass is 262 g/mol. The predicted molar refractivity (Wildman–Crippen MR) is 69.9 cm³/mol. The Labute approximate surface area is 109 Å². The Morgan fingerprint density at radius 1 is 1.39 bits per heavy atom. The SMILES string of the molecule is Cc1nnc(Nc2cncc(C3CCCN3)n2)s1. The van der Waals surface area contributed by atoms with Gasteiger partial charge in [-0.15, -0.1) is 10.2 Å². The number of nitrogens with one attached hydrogen (secondary N) is 2. The van der Waals surface area contributed by atoms with Gasteiger partial charge in [-0.05, 0) is 26.3 Å². The highest BCUT2D eigenvalue weighted by atomic mass is 32.1. The molecule has 94 valence electrons. The lowest BCUT2D eigenvalue weighted by molar-refractivity contribution is 0.625. The third-order valence-electron chi connectivity index (χ3n) is 2.83. The van der Waals surface area contributed by atoms with Crippen molar-refractivity contribution in [3.8, 4) is 0 Å². The van der Waals surface area contributed by atoms with Gasteiger partial charge >= 0.3 is 0 Å². The number of nitrogens with zero attached hydrogens (tertiary/aromatic N) is 4. The van der Waals surface area contributed by atoms with Crippen molar-refractivity contribution >= 4 is 22.3 Å². The Kier molecular flexibility index (Phi) is 3.16. The minimum atomic E-state index is 0.329. The van der Waals surface area contributed by atoms with Gasteiger partial charge in [0.15, 0.2) is 5.82 Å². The summed E-state index contributed by atoms with van der Waals surface area (Å²) in [5, 5.41) is 16.2. The lowest BCUT2D eigenvalue weighted by atomic mass is 10.2. The Morgan fingerprint density at radius 3 is 3.06 bits per heavy atom. The number of anilines is 2. The lowest BCUT2D eigenvalue weighted by Gasteiger charge is -2.10. The van der Waals surface area contributed by atoms with Crippen LogP contribution in [0.25, 0.3) is 0 Å². The highest BCUT2D eigenvalue weighted by Gasteiger charge is 2.18. The van der Waals surface area contributed by atoms with Gasteiger partial charge < -0.3 is 10.6 Å². The van der Waals surface area contributed by atoms with Gasteiger partial charge in [-0.1, -0.05) is 11.3 Å². The summed E-state index contributed by atoms with van der Waals surface area (Å²) >= 11 is 1.50. The molecule has 6 nitrogen and oxygen atoms in total. The van der Waals surface area contributed by atoms with Crippen LogP contribution in [0.4, 0.5) is 10.9 Å². The standard InChI is InChI=1S/C11H14N6S/c1-7-16-17-11(18-7)15-10-6-12-5-9(14-10)8-3-2-4-13-8/h5-6,8,13H,2-4H2,1H3,(H,14,15,17). The van der Waals surface area contributed by atoms with E-state index in [1.54, 1.807) is 6.20 Å².